The van der Waals surface area contributed by atoms with E-state index in [-0.39, 0.29) is 6.71 Å². The maximum absolute atomic E-state index is 2.44. The van der Waals surface area contributed by atoms with Crippen molar-refractivity contribution in [2.45, 2.75) is 0 Å². The minimum atomic E-state index is 0.251. The topological polar surface area (TPSA) is 0 Å². The average Bonchev–Trinajstić information content (AvgIpc) is 3.26. The summed E-state index contributed by atoms with van der Waals surface area (Å²) in [5.41, 5.74) is 9.54. The van der Waals surface area contributed by atoms with Crippen molar-refractivity contribution in [2.75, 3.05) is 0 Å². The number of hydrogen-bond acceptors (Lipinski definition) is 0. The molecule has 7 aromatic rings. The van der Waals surface area contributed by atoms with Gasteiger partial charge in [0.2, 0.25) is 6.71 Å². The van der Waals surface area contributed by atoms with E-state index in [1.807, 2.05) is 0 Å². The third kappa shape index (κ3) is 2.58. The lowest BCUT2D eigenvalue weighted by molar-refractivity contribution is 1.66. The lowest BCUT2D eigenvalue weighted by Gasteiger charge is -2.18. The molecule has 0 saturated heterocycles. The van der Waals surface area contributed by atoms with Crippen molar-refractivity contribution in [1.29, 1.82) is 0 Å². The van der Waals surface area contributed by atoms with E-state index >= 15 is 0 Å². The van der Waals surface area contributed by atoms with Crippen LogP contribution in [0.5, 0.6) is 0 Å². The Morgan fingerprint density at radius 2 is 1.09 bits per heavy atom. The average molecular weight is 440 g/mol. The van der Waals surface area contributed by atoms with E-state index in [0.717, 1.165) is 0 Å². The molecule has 1 aliphatic heterocycles. The fourth-order valence-electron chi connectivity index (χ4n) is 6.44. The van der Waals surface area contributed by atoms with Gasteiger partial charge in [-0.1, -0.05) is 138 Å². The molecule has 0 spiro atoms. The van der Waals surface area contributed by atoms with Crippen molar-refractivity contribution in [1.82, 2.24) is 0 Å². The summed E-state index contributed by atoms with van der Waals surface area (Å²) in [6.45, 7) is 0.251. The zero-order chi connectivity index (χ0) is 22.9. The van der Waals surface area contributed by atoms with Crippen LogP contribution in [-0.4, -0.2) is 6.71 Å². The first-order chi connectivity index (χ1) is 17.4. The summed E-state index contributed by atoms with van der Waals surface area (Å²) in [5, 5.41) is 8.12. The number of hydrogen-bond donors (Lipinski definition) is 0. The molecule has 1 heterocycles. The fourth-order valence-corrected chi connectivity index (χ4v) is 6.44. The van der Waals surface area contributed by atoms with Gasteiger partial charge in [-0.25, -0.2) is 0 Å². The number of fused-ring (bicyclic) bond motifs is 4. The molecule has 0 unspecified atom stereocenters. The van der Waals surface area contributed by atoms with Crippen LogP contribution in [0.3, 0.4) is 0 Å². The standard InChI is InChI=1S/C34H21B/c1-3-9-22(10-4-1)26-18-15-23-16-20-29-33-24(17-19-28(26)32(23)33)21-30-27-13-7-8-14-31(27)35(34(29)30)25-11-5-2-6-12-25/h1-21H. The van der Waals surface area contributed by atoms with Gasteiger partial charge in [0.15, 0.2) is 0 Å². The van der Waals surface area contributed by atoms with Crippen LogP contribution in [0.4, 0.5) is 0 Å². The Bertz CT molecular complexity index is 1880. The molecule has 0 fully saturated rings. The Morgan fingerprint density at radius 1 is 0.429 bits per heavy atom. The Morgan fingerprint density at radius 3 is 1.94 bits per heavy atom. The third-order valence-electron chi connectivity index (χ3n) is 7.89. The molecule has 1 aliphatic rings. The molecule has 0 aliphatic carbocycles. The molecular formula is C34H21B. The summed E-state index contributed by atoms with van der Waals surface area (Å²) < 4.78 is 0. The Labute approximate surface area is 204 Å². The Kier molecular flexibility index (Phi) is 3.84. The smallest absolute Gasteiger partial charge is 0.0686 e. The van der Waals surface area contributed by atoms with Crippen LogP contribution in [0.1, 0.15) is 0 Å². The van der Waals surface area contributed by atoms with Crippen molar-refractivity contribution >= 4 is 55.4 Å². The lowest BCUT2D eigenvalue weighted by Crippen LogP contribution is -2.49. The highest BCUT2D eigenvalue weighted by Crippen LogP contribution is 2.41. The first-order valence-corrected chi connectivity index (χ1v) is 12.3. The van der Waals surface area contributed by atoms with Crippen molar-refractivity contribution in [3.8, 4) is 22.3 Å². The van der Waals surface area contributed by atoms with Crippen molar-refractivity contribution in [3.63, 3.8) is 0 Å². The van der Waals surface area contributed by atoms with Gasteiger partial charge in [-0.05, 0) is 60.6 Å². The zero-order valence-electron chi connectivity index (χ0n) is 19.2. The quantitative estimate of drug-likeness (QED) is 0.206. The van der Waals surface area contributed by atoms with Crippen LogP contribution in [0.2, 0.25) is 0 Å². The van der Waals surface area contributed by atoms with E-state index in [1.54, 1.807) is 0 Å². The van der Waals surface area contributed by atoms with Gasteiger partial charge in [0.1, 0.15) is 0 Å². The molecule has 7 aromatic carbocycles. The molecule has 0 bridgehead atoms. The van der Waals surface area contributed by atoms with Gasteiger partial charge in [0.25, 0.3) is 0 Å². The van der Waals surface area contributed by atoms with Crippen LogP contribution >= 0.6 is 0 Å². The van der Waals surface area contributed by atoms with Gasteiger partial charge in [-0.15, -0.1) is 0 Å². The summed E-state index contributed by atoms with van der Waals surface area (Å²) in [6.07, 6.45) is 0. The van der Waals surface area contributed by atoms with Gasteiger partial charge in [0.05, 0.1) is 0 Å². The first-order valence-electron chi connectivity index (χ1n) is 12.3. The highest BCUT2D eigenvalue weighted by Gasteiger charge is 2.35. The second kappa shape index (κ2) is 7.07. The predicted octanol–water partition coefficient (Wildman–Crippen LogP) is 6.75. The van der Waals surface area contributed by atoms with Gasteiger partial charge >= 0.3 is 0 Å². The normalized spacial score (nSPS) is 12.5. The molecule has 0 aromatic heterocycles. The van der Waals surface area contributed by atoms with E-state index in [2.05, 4.69) is 127 Å². The molecule has 0 amide bonds. The minimum Gasteiger partial charge on any atom is -0.0686 e. The summed E-state index contributed by atoms with van der Waals surface area (Å²) in [6, 6.07) is 47.1. The van der Waals surface area contributed by atoms with Gasteiger partial charge < -0.3 is 0 Å². The largest absolute Gasteiger partial charge is 0.243 e. The fraction of sp³-hybridized carbons (Fsp3) is 0. The summed E-state index contributed by atoms with van der Waals surface area (Å²) in [4.78, 5) is 0. The van der Waals surface area contributed by atoms with Gasteiger partial charge in [-0.2, -0.15) is 0 Å². The van der Waals surface area contributed by atoms with Gasteiger partial charge in [0, 0.05) is 0 Å². The van der Waals surface area contributed by atoms with Crippen LogP contribution in [-0.2, 0) is 0 Å². The van der Waals surface area contributed by atoms with Crippen molar-refractivity contribution < 1.29 is 0 Å². The second-order valence-corrected chi connectivity index (χ2v) is 9.67. The molecule has 1 heteroatoms. The summed E-state index contributed by atoms with van der Waals surface area (Å²) in [5.74, 6) is 0. The maximum atomic E-state index is 2.44. The molecule has 35 heavy (non-hydrogen) atoms. The van der Waals surface area contributed by atoms with Crippen LogP contribution < -0.4 is 16.4 Å². The minimum absolute atomic E-state index is 0.251. The van der Waals surface area contributed by atoms with E-state index < -0.39 is 0 Å². The van der Waals surface area contributed by atoms with Crippen LogP contribution in [0, 0.1) is 0 Å². The highest BCUT2D eigenvalue weighted by atomic mass is 14.2. The SMILES string of the molecule is c1ccc(B2c3ccccc3-c3cc4ccc5c(-c6ccccc6)ccc6ccc(c32)c4c65)cc1. The Balaban J connectivity index is 1.52. The number of rotatable bonds is 2. The summed E-state index contributed by atoms with van der Waals surface area (Å²) in [7, 11) is 0. The van der Waals surface area contributed by atoms with E-state index in [4.69, 9.17) is 0 Å². The monoisotopic (exact) mass is 440 g/mol. The lowest BCUT2D eigenvalue weighted by atomic mass is 9.38. The molecule has 0 atom stereocenters. The van der Waals surface area contributed by atoms with Crippen LogP contribution in [0.15, 0.2) is 127 Å². The summed E-state index contributed by atoms with van der Waals surface area (Å²) >= 11 is 0. The number of benzene rings is 7. The maximum Gasteiger partial charge on any atom is 0.243 e. The molecule has 0 nitrogen and oxygen atoms in total. The first kappa shape index (κ1) is 19.0. The van der Waals surface area contributed by atoms with E-state index in [1.165, 1.54) is 71.0 Å². The molecule has 8 rings (SSSR count). The highest BCUT2D eigenvalue weighted by molar-refractivity contribution is 7.00. The van der Waals surface area contributed by atoms with Crippen molar-refractivity contribution in [2.24, 2.45) is 0 Å². The molecule has 0 radical (unpaired) electrons. The molecule has 0 saturated carbocycles. The third-order valence-corrected chi connectivity index (χ3v) is 7.89. The molecular weight excluding hydrogens is 419 g/mol. The predicted molar refractivity (Wildman–Crippen MR) is 152 cm³/mol. The van der Waals surface area contributed by atoms with Crippen LogP contribution in [0.25, 0.3) is 54.6 Å². The second-order valence-electron chi connectivity index (χ2n) is 9.67. The zero-order valence-corrected chi connectivity index (χ0v) is 19.2. The Hall–Kier alpha value is -4.36. The van der Waals surface area contributed by atoms with Crippen molar-refractivity contribution in [3.05, 3.63) is 127 Å². The van der Waals surface area contributed by atoms with E-state index in [0.29, 0.717) is 0 Å². The van der Waals surface area contributed by atoms with Gasteiger partial charge in [-0.3, -0.25) is 0 Å². The molecule has 160 valence electrons. The van der Waals surface area contributed by atoms with E-state index in [9.17, 15) is 0 Å². The molecule has 0 N–H and O–H groups in total.